The molecule has 1 aromatic carbocycles. The van der Waals surface area contributed by atoms with E-state index in [2.05, 4.69) is 25.5 Å². The van der Waals surface area contributed by atoms with Crippen molar-refractivity contribution in [3.05, 3.63) is 36.3 Å². The molecule has 0 aliphatic carbocycles. The smallest absolute Gasteiger partial charge is 0.271 e. The van der Waals surface area contributed by atoms with Crippen LogP contribution in [0, 0.1) is 0 Å². The zero-order valence-electron chi connectivity index (χ0n) is 15.6. The quantitative estimate of drug-likeness (QED) is 0.661. The Morgan fingerprint density at radius 3 is 2.58 bits per heavy atom. The van der Waals surface area contributed by atoms with Crippen LogP contribution in [-0.4, -0.2) is 62.2 Å². The van der Waals surface area contributed by atoms with Crippen LogP contribution in [0.5, 0.6) is 11.5 Å². The van der Waals surface area contributed by atoms with Gasteiger partial charge in [0, 0.05) is 12.6 Å². The zero-order valence-corrected chi connectivity index (χ0v) is 15.6. The van der Waals surface area contributed by atoms with Gasteiger partial charge in [0.1, 0.15) is 23.0 Å². The number of nitrogens with one attached hydrogen (secondary N) is 2. The molecule has 0 saturated carbocycles. The number of carbonyl (C=O) groups is 1. The lowest BCUT2D eigenvalue weighted by Crippen LogP contribution is -2.27. The second-order valence-corrected chi connectivity index (χ2v) is 5.89. The summed E-state index contributed by atoms with van der Waals surface area (Å²) < 4.78 is 10.5. The lowest BCUT2D eigenvalue weighted by atomic mass is 10.2. The first-order valence-electron chi connectivity index (χ1n) is 8.27. The Hall–Kier alpha value is -2.87. The number of methoxy groups -OCH3 is 2. The van der Waals surface area contributed by atoms with Crippen molar-refractivity contribution in [2.75, 3.05) is 46.7 Å². The monoisotopic (exact) mass is 359 g/mol. The minimum absolute atomic E-state index is 0.234. The van der Waals surface area contributed by atoms with Gasteiger partial charge in [0.25, 0.3) is 5.91 Å². The SMILES string of the molecule is COc1ccc(OC)c(Nc2cnc(C(=O)NCCCN(C)C)cn2)c1. The first-order chi connectivity index (χ1) is 12.5. The number of hydrogen-bond acceptors (Lipinski definition) is 7. The summed E-state index contributed by atoms with van der Waals surface area (Å²) in [4.78, 5) is 22.5. The second-order valence-electron chi connectivity index (χ2n) is 5.89. The fraction of sp³-hybridized carbons (Fsp3) is 0.389. The van der Waals surface area contributed by atoms with Crippen molar-refractivity contribution < 1.29 is 14.3 Å². The summed E-state index contributed by atoms with van der Waals surface area (Å²) in [5.74, 6) is 1.60. The Balaban J connectivity index is 1.98. The van der Waals surface area contributed by atoms with Crippen molar-refractivity contribution in [3.8, 4) is 11.5 Å². The number of rotatable bonds is 9. The molecule has 0 spiro atoms. The van der Waals surface area contributed by atoms with E-state index in [1.807, 2.05) is 14.1 Å². The summed E-state index contributed by atoms with van der Waals surface area (Å²) >= 11 is 0. The molecule has 1 aromatic heterocycles. The number of benzene rings is 1. The maximum Gasteiger partial charge on any atom is 0.271 e. The zero-order chi connectivity index (χ0) is 18.9. The molecule has 0 atom stereocenters. The van der Waals surface area contributed by atoms with E-state index in [1.54, 1.807) is 32.4 Å². The highest BCUT2D eigenvalue weighted by atomic mass is 16.5. The lowest BCUT2D eigenvalue weighted by molar-refractivity contribution is 0.0947. The predicted molar refractivity (Wildman–Crippen MR) is 100 cm³/mol. The van der Waals surface area contributed by atoms with Crippen molar-refractivity contribution >= 4 is 17.4 Å². The number of carbonyl (C=O) groups excluding carboxylic acids is 1. The molecule has 1 heterocycles. The first-order valence-corrected chi connectivity index (χ1v) is 8.27. The van der Waals surface area contributed by atoms with E-state index in [0.717, 1.165) is 13.0 Å². The predicted octanol–water partition coefficient (Wildman–Crippen LogP) is 1.92. The van der Waals surface area contributed by atoms with Gasteiger partial charge in [-0.1, -0.05) is 0 Å². The Labute approximate surface area is 153 Å². The van der Waals surface area contributed by atoms with Crippen LogP contribution in [0.4, 0.5) is 11.5 Å². The van der Waals surface area contributed by atoms with Crippen LogP contribution in [0.25, 0.3) is 0 Å². The Kier molecular flexibility index (Phi) is 7.16. The Morgan fingerprint density at radius 1 is 1.15 bits per heavy atom. The second kappa shape index (κ2) is 9.57. The number of ether oxygens (including phenoxy) is 2. The number of nitrogens with zero attached hydrogens (tertiary/aromatic N) is 3. The van der Waals surface area contributed by atoms with Gasteiger partial charge in [0.2, 0.25) is 0 Å². The van der Waals surface area contributed by atoms with Gasteiger partial charge in [-0.2, -0.15) is 0 Å². The van der Waals surface area contributed by atoms with Crippen LogP contribution in [0.15, 0.2) is 30.6 Å². The van der Waals surface area contributed by atoms with Gasteiger partial charge >= 0.3 is 0 Å². The molecule has 2 aromatic rings. The van der Waals surface area contributed by atoms with E-state index < -0.39 is 0 Å². The summed E-state index contributed by atoms with van der Waals surface area (Å²) in [7, 11) is 7.17. The van der Waals surface area contributed by atoms with E-state index in [1.165, 1.54) is 12.4 Å². The summed E-state index contributed by atoms with van der Waals surface area (Å²) in [5.41, 5.74) is 0.972. The lowest BCUT2D eigenvalue weighted by Gasteiger charge is -2.12. The molecular weight excluding hydrogens is 334 g/mol. The standard InChI is InChI=1S/C18H25N5O3/c1-23(2)9-5-8-19-18(24)15-11-21-17(12-20-15)22-14-10-13(25-3)6-7-16(14)26-4/h6-7,10-12H,5,8-9H2,1-4H3,(H,19,24)(H,21,22). The largest absolute Gasteiger partial charge is 0.497 e. The molecule has 0 saturated heterocycles. The molecule has 140 valence electrons. The molecule has 0 aliphatic rings. The maximum atomic E-state index is 12.1. The number of amides is 1. The van der Waals surface area contributed by atoms with Crippen LogP contribution in [0.1, 0.15) is 16.9 Å². The Bertz CT molecular complexity index is 719. The van der Waals surface area contributed by atoms with E-state index in [9.17, 15) is 4.79 Å². The van der Waals surface area contributed by atoms with E-state index in [0.29, 0.717) is 29.5 Å². The van der Waals surface area contributed by atoms with Gasteiger partial charge in [-0.25, -0.2) is 9.97 Å². The summed E-state index contributed by atoms with van der Waals surface area (Å²) in [6, 6.07) is 5.40. The molecule has 0 bridgehead atoms. The molecule has 8 heteroatoms. The van der Waals surface area contributed by atoms with Gasteiger partial charge in [-0.3, -0.25) is 4.79 Å². The van der Waals surface area contributed by atoms with Crippen molar-refractivity contribution in [2.45, 2.75) is 6.42 Å². The molecule has 1 amide bonds. The number of aromatic nitrogens is 2. The normalized spacial score (nSPS) is 10.5. The fourth-order valence-corrected chi connectivity index (χ4v) is 2.25. The number of anilines is 2. The molecule has 0 aliphatic heterocycles. The topological polar surface area (TPSA) is 88.6 Å². The maximum absolute atomic E-state index is 12.1. The van der Waals surface area contributed by atoms with Crippen LogP contribution in [0.2, 0.25) is 0 Å². The van der Waals surface area contributed by atoms with Gasteiger partial charge < -0.3 is 25.0 Å². The molecule has 0 fully saturated rings. The molecular formula is C18H25N5O3. The van der Waals surface area contributed by atoms with Crippen LogP contribution >= 0.6 is 0 Å². The number of hydrogen-bond donors (Lipinski definition) is 2. The third kappa shape index (κ3) is 5.59. The summed E-state index contributed by atoms with van der Waals surface area (Å²) in [6.07, 6.45) is 3.82. The average molecular weight is 359 g/mol. The fourth-order valence-electron chi connectivity index (χ4n) is 2.25. The average Bonchev–Trinajstić information content (AvgIpc) is 2.65. The van der Waals surface area contributed by atoms with Crippen molar-refractivity contribution in [2.24, 2.45) is 0 Å². The summed E-state index contributed by atoms with van der Waals surface area (Å²) in [5, 5.41) is 5.94. The highest BCUT2D eigenvalue weighted by Crippen LogP contribution is 2.30. The summed E-state index contributed by atoms with van der Waals surface area (Å²) in [6.45, 7) is 1.51. The van der Waals surface area contributed by atoms with E-state index in [-0.39, 0.29) is 11.6 Å². The van der Waals surface area contributed by atoms with Crippen molar-refractivity contribution in [1.29, 1.82) is 0 Å². The van der Waals surface area contributed by atoms with Crippen molar-refractivity contribution in [3.63, 3.8) is 0 Å². The van der Waals surface area contributed by atoms with Crippen molar-refractivity contribution in [1.82, 2.24) is 20.2 Å². The highest BCUT2D eigenvalue weighted by Gasteiger charge is 2.09. The third-order valence-electron chi connectivity index (χ3n) is 3.62. The van der Waals surface area contributed by atoms with Gasteiger partial charge in [0.15, 0.2) is 0 Å². The third-order valence-corrected chi connectivity index (χ3v) is 3.62. The van der Waals surface area contributed by atoms with E-state index >= 15 is 0 Å². The van der Waals surface area contributed by atoms with E-state index in [4.69, 9.17) is 9.47 Å². The van der Waals surface area contributed by atoms with Crippen LogP contribution < -0.4 is 20.1 Å². The van der Waals surface area contributed by atoms with Gasteiger partial charge in [-0.05, 0) is 39.2 Å². The minimum atomic E-state index is -0.234. The van der Waals surface area contributed by atoms with Gasteiger partial charge in [-0.15, -0.1) is 0 Å². The highest BCUT2D eigenvalue weighted by molar-refractivity contribution is 5.92. The van der Waals surface area contributed by atoms with Crippen LogP contribution in [-0.2, 0) is 0 Å². The molecule has 26 heavy (non-hydrogen) atoms. The van der Waals surface area contributed by atoms with Gasteiger partial charge in [0.05, 0.1) is 32.3 Å². The molecule has 0 unspecified atom stereocenters. The molecule has 8 nitrogen and oxygen atoms in total. The molecule has 2 rings (SSSR count). The van der Waals surface area contributed by atoms with Crippen LogP contribution in [0.3, 0.4) is 0 Å². The molecule has 2 N–H and O–H groups in total. The molecule has 0 radical (unpaired) electrons. The Morgan fingerprint density at radius 2 is 1.96 bits per heavy atom. The minimum Gasteiger partial charge on any atom is -0.497 e. The first kappa shape index (κ1) is 19.5.